The number of rotatable bonds is 3. The lowest BCUT2D eigenvalue weighted by atomic mass is 10.2. The first kappa shape index (κ1) is 12.9. The molecule has 0 unspecified atom stereocenters. The molecule has 0 amide bonds. The van der Waals surface area contributed by atoms with Gasteiger partial charge in [0.25, 0.3) is 5.56 Å². The second-order valence-corrected chi connectivity index (χ2v) is 4.31. The summed E-state index contributed by atoms with van der Waals surface area (Å²) in [5, 5.41) is 0.421. The van der Waals surface area contributed by atoms with Gasteiger partial charge in [-0.15, -0.1) is 0 Å². The number of benzene rings is 1. The summed E-state index contributed by atoms with van der Waals surface area (Å²) >= 11 is 3.26. The van der Waals surface area contributed by atoms with Crippen LogP contribution in [0.2, 0.25) is 0 Å². The zero-order valence-electron chi connectivity index (χ0n) is 10.4. The van der Waals surface area contributed by atoms with Crippen molar-refractivity contribution in [2.75, 3.05) is 14.2 Å². The van der Waals surface area contributed by atoms with E-state index in [4.69, 9.17) is 9.47 Å². The van der Waals surface area contributed by atoms with Crippen molar-refractivity contribution >= 4 is 27.0 Å². The van der Waals surface area contributed by atoms with E-state index in [1.54, 1.807) is 38.0 Å². The number of halogens is 1. The fourth-order valence-electron chi connectivity index (χ4n) is 1.80. The molecule has 1 aromatic heterocycles. The van der Waals surface area contributed by atoms with Crippen molar-refractivity contribution in [3.63, 3.8) is 0 Å². The van der Waals surface area contributed by atoms with E-state index in [0.717, 1.165) is 0 Å². The minimum atomic E-state index is -0.119. The van der Waals surface area contributed by atoms with Gasteiger partial charge in [-0.2, -0.15) is 0 Å². The Morgan fingerprint density at radius 1 is 1.28 bits per heavy atom. The average Bonchev–Trinajstić information content (AvgIpc) is 2.41. The van der Waals surface area contributed by atoms with Gasteiger partial charge in [0, 0.05) is 19.2 Å². The van der Waals surface area contributed by atoms with Gasteiger partial charge in [-0.25, -0.2) is 4.98 Å². The van der Waals surface area contributed by atoms with Crippen molar-refractivity contribution in [1.82, 2.24) is 9.55 Å². The highest BCUT2D eigenvalue weighted by Gasteiger charge is 2.12. The first-order valence-electron chi connectivity index (χ1n) is 5.30. The van der Waals surface area contributed by atoms with Gasteiger partial charge >= 0.3 is 0 Å². The highest BCUT2D eigenvalue weighted by atomic mass is 79.9. The Balaban J connectivity index is 2.85. The highest BCUT2D eigenvalue weighted by Crippen LogP contribution is 2.30. The van der Waals surface area contributed by atoms with Gasteiger partial charge in [-0.1, -0.05) is 15.9 Å². The largest absolute Gasteiger partial charge is 0.493 e. The molecule has 0 aliphatic heterocycles. The Morgan fingerprint density at radius 3 is 2.44 bits per heavy atom. The van der Waals surface area contributed by atoms with Gasteiger partial charge in [0.05, 0.1) is 30.6 Å². The van der Waals surface area contributed by atoms with Crippen LogP contribution in [-0.2, 0) is 12.4 Å². The maximum atomic E-state index is 12.0. The summed E-state index contributed by atoms with van der Waals surface area (Å²) in [4.78, 5) is 16.3. The normalized spacial score (nSPS) is 10.7. The number of alkyl halides is 1. The van der Waals surface area contributed by atoms with E-state index >= 15 is 0 Å². The van der Waals surface area contributed by atoms with Crippen molar-refractivity contribution in [3.05, 3.63) is 28.2 Å². The standard InChI is InChI=1S/C12H13BrN2O3/c1-15-9-5-11(18-3)10(17-2)4-7(9)14-8(6-13)12(15)16/h4-5H,6H2,1-3H3. The van der Waals surface area contributed by atoms with Crippen molar-refractivity contribution in [1.29, 1.82) is 0 Å². The van der Waals surface area contributed by atoms with Crippen LogP contribution in [0.25, 0.3) is 11.0 Å². The van der Waals surface area contributed by atoms with Gasteiger partial charge < -0.3 is 14.0 Å². The third kappa shape index (κ3) is 1.96. The summed E-state index contributed by atoms with van der Waals surface area (Å²) in [6.07, 6.45) is 0. The van der Waals surface area contributed by atoms with Crippen LogP contribution in [0, 0.1) is 0 Å². The van der Waals surface area contributed by atoms with E-state index in [-0.39, 0.29) is 5.56 Å². The van der Waals surface area contributed by atoms with Crippen LogP contribution in [0.4, 0.5) is 0 Å². The maximum absolute atomic E-state index is 12.0. The van der Waals surface area contributed by atoms with E-state index in [9.17, 15) is 4.79 Å². The second-order valence-electron chi connectivity index (χ2n) is 3.75. The Kier molecular flexibility index (Phi) is 3.56. The molecule has 0 spiro atoms. The Hall–Kier alpha value is -1.56. The maximum Gasteiger partial charge on any atom is 0.273 e. The van der Waals surface area contributed by atoms with E-state index in [1.165, 1.54) is 0 Å². The highest BCUT2D eigenvalue weighted by molar-refractivity contribution is 9.08. The Morgan fingerprint density at radius 2 is 1.89 bits per heavy atom. The van der Waals surface area contributed by atoms with E-state index in [1.807, 2.05) is 0 Å². The lowest BCUT2D eigenvalue weighted by Gasteiger charge is -2.11. The first-order chi connectivity index (χ1) is 8.62. The summed E-state index contributed by atoms with van der Waals surface area (Å²) in [6, 6.07) is 3.51. The molecule has 0 N–H and O–H groups in total. The SMILES string of the molecule is COc1cc2nc(CBr)c(=O)n(C)c2cc1OC. The average molecular weight is 313 g/mol. The van der Waals surface area contributed by atoms with Crippen molar-refractivity contribution in [2.45, 2.75) is 5.33 Å². The molecular weight excluding hydrogens is 300 g/mol. The molecule has 0 bridgehead atoms. The number of hydrogen-bond acceptors (Lipinski definition) is 4. The minimum Gasteiger partial charge on any atom is -0.493 e. The number of fused-ring (bicyclic) bond motifs is 1. The second kappa shape index (κ2) is 4.97. The predicted molar refractivity (Wildman–Crippen MR) is 72.7 cm³/mol. The van der Waals surface area contributed by atoms with E-state index < -0.39 is 0 Å². The van der Waals surface area contributed by atoms with Crippen molar-refractivity contribution in [2.24, 2.45) is 7.05 Å². The predicted octanol–water partition coefficient (Wildman–Crippen LogP) is 1.85. The van der Waals surface area contributed by atoms with Crippen LogP contribution in [-0.4, -0.2) is 23.8 Å². The zero-order chi connectivity index (χ0) is 13.3. The van der Waals surface area contributed by atoms with Crippen LogP contribution in [0.3, 0.4) is 0 Å². The minimum absolute atomic E-state index is 0.119. The number of nitrogens with zero attached hydrogens (tertiary/aromatic N) is 2. The summed E-state index contributed by atoms with van der Waals surface area (Å²) in [5.41, 5.74) is 1.76. The molecule has 1 aromatic carbocycles. The number of aryl methyl sites for hydroxylation is 1. The van der Waals surface area contributed by atoms with Crippen LogP contribution in [0.15, 0.2) is 16.9 Å². The summed E-state index contributed by atoms with van der Waals surface area (Å²) in [7, 11) is 4.84. The molecule has 96 valence electrons. The summed E-state index contributed by atoms with van der Waals surface area (Å²) < 4.78 is 12.0. The van der Waals surface area contributed by atoms with E-state index in [2.05, 4.69) is 20.9 Å². The molecule has 0 atom stereocenters. The fraction of sp³-hybridized carbons (Fsp3) is 0.333. The third-order valence-electron chi connectivity index (χ3n) is 2.78. The molecule has 0 aliphatic carbocycles. The smallest absolute Gasteiger partial charge is 0.273 e. The zero-order valence-corrected chi connectivity index (χ0v) is 11.9. The molecule has 0 radical (unpaired) electrons. The number of hydrogen-bond donors (Lipinski definition) is 0. The molecule has 1 heterocycles. The number of aromatic nitrogens is 2. The molecule has 2 aromatic rings. The van der Waals surface area contributed by atoms with Gasteiger partial charge in [-0.05, 0) is 0 Å². The Labute approximate surface area is 112 Å². The van der Waals surface area contributed by atoms with Crippen LogP contribution >= 0.6 is 15.9 Å². The number of ether oxygens (including phenoxy) is 2. The third-order valence-corrected chi connectivity index (χ3v) is 3.31. The van der Waals surface area contributed by atoms with Crippen molar-refractivity contribution in [3.8, 4) is 11.5 Å². The van der Waals surface area contributed by atoms with Crippen LogP contribution in [0.1, 0.15) is 5.69 Å². The van der Waals surface area contributed by atoms with Gasteiger partial charge in [0.2, 0.25) is 0 Å². The molecule has 0 aliphatic rings. The topological polar surface area (TPSA) is 53.3 Å². The lowest BCUT2D eigenvalue weighted by molar-refractivity contribution is 0.355. The van der Waals surface area contributed by atoms with Gasteiger partial charge in [0.15, 0.2) is 11.5 Å². The number of methoxy groups -OCH3 is 2. The van der Waals surface area contributed by atoms with Crippen molar-refractivity contribution < 1.29 is 9.47 Å². The Bertz CT molecular complexity index is 652. The molecule has 0 fully saturated rings. The molecule has 18 heavy (non-hydrogen) atoms. The van der Waals surface area contributed by atoms with Crippen LogP contribution in [0.5, 0.6) is 11.5 Å². The molecule has 0 saturated heterocycles. The molecule has 6 heteroatoms. The summed E-state index contributed by atoms with van der Waals surface area (Å²) in [5.74, 6) is 1.17. The fourth-order valence-corrected chi connectivity index (χ4v) is 2.16. The summed E-state index contributed by atoms with van der Waals surface area (Å²) in [6.45, 7) is 0. The quantitative estimate of drug-likeness (QED) is 0.812. The lowest BCUT2D eigenvalue weighted by Crippen LogP contribution is -2.22. The van der Waals surface area contributed by atoms with E-state index in [0.29, 0.717) is 33.6 Å². The molecule has 5 nitrogen and oxygen atoms in total. The van der Waals surface area contributed by atoms with Crippen LogP contribution < -0.4 is 15.0 Å². The first-order valence-corrected chi connectivity index (χ1v) is 6.42. The monoisotopic (exact) mass is 312 g/mol. The van der Waals surface area contributed by atoms with Gasteiger partial charge in [0.1, 0.15) is 5.69 Å². The van der Waals surface area contributed by atoms with Gasteiger partial charge in [-0.3, -0.25) is 4.79 Å². The molecule has 2 rings (SSSR count). The molecule has 0 saturated carbocycles. The molecular formula is C12H13BrN2O3.